The fourth-order valence-electron chi connectivity index (χ4n) is 1.87. The van der Waals surface area contributed by atoms with Crippen molar-refractivity contribution in [3.8, 4) is 10.6 Å². The maximum Gasteiger partial charge on any atom is 0.336 e. The number of carboxylic acids is 1. The molecule has 20 heavy (non-hydrogen) atoms. The monoisotopic (exact) mass is 292 g/mol. The highest BCUT2D eigenvalue weighted by Crippen LogP contribution is 2.28. The summed E-state index contributed by atoms with van der Waals surface area (Å²) in [4.78, 5) is 20.0. The summed E-state index contributed by atoms with van der Waals surface area (Å²) in [6.07, 6.45) is 1.53. The van der Waals surface area contributed by atoms with Crippen LogP contribution < -0.4 is 0 Å². The number of carbonyl (C=O) groups is 1. The number of aromatic carboxylic acids is 1. The first kappa shape index (κ1) is 12.6. The third kappa shape index (κ3) is 2.01. The predicted molar refractivity (Wildman–Crippen MR) is 69.7 cm³/mol. The molecule has 3 aromatic rings. The van der Waals surface area contributed by atoms with E-state index in [1.807, 2.05) is 0 Å². The molecule has 4 nitrogen and oxygen atoms in total. The van der Waals surface area contributed by atoms with Crippen LogP contribution in [-0.4, -0.2) is 21.0 Å². The second-order valence-electron chi connectivity index (χ2n) is 4.01. The number of hydrogen-bond donors (Lipinski definition) is 1. The van der Waals surface area contributed by atoms with Gasteiger partial charge in [-0.25, -0.2) is 18.6 Å². The quantitative estimate of drug-likeness (QED) is 0.787. The van der Waals surface area contributed by atoms with Crippen LogP contribution in [0.15, 0.2) is 29.9 Å². The standard InChI is InChI=1S/C13H6F2N2O2S/c14-8-1-6-7(13(18)19)2-11(12-4-16-5-20-12)17-10(6)3-9(8)15/h1-5H,(H,18,19). The van der Waals surface area contributed by atoms with Crippen LogP contribution in [0, 0.1) is 11.6 Å². The van der Waals surface area contributed by atoms with E-state index < -0.39 is 17.6 Å². The second kappa shape index (κ2) is 4.61. The molecule has 0 atom stereocenters. The first-order valence-corrected chi connectivity index (χ1v) is 6.36. The van der Waals surface area contributed by atoms with Crippen molar-refractivity contribution in [2.75, 3.05) is 0 Å². The Hall–Kier alpha value is -2.41. The summed E-state index contributed by atoms with van der Waals surface area (Å²) in [7, 11) is 0. The van der Waals surface area contributed by atoms with Crippen LogP contribution >= 0.6 is 11.3 Å². The topological polar surface area (TPSA) is 63.1 Å². The van der Waals surface area contributed by atoms with Crippen molar-refractivity contribution in [2.24, 2.45) is 0 Å². The molecular weight excluding hydrogens is 286 g/mol. The van der Waals surface area contributed by atoms with Crippen molar-refractivity contribution in [3.05, 3.63) is 47.1 Å². The zero-order valence-electron chi connectivity index (χ0n) is 9.80. The smallest absolute Gasteiger partial charge is 0.336 e. The lowest BCUT2D eigenvalue weighted by Crippen LogP contribution is -2.01. The lowest BCUT2D eigenvalue weighted by Gasteiger charge is -2.06. The van der Waals surface area contributed by atoms with E-state index in [0.717, 1.165) is 12.1 Å². The molecule has 2 heterocycles. The van der Waals surface area contributed by atoms with E-state index in [0.29, 0.717) is 10.6 Å². The largest absolute Gasteiger partial charge is 0.478 e. The molecule has 0 bridgehead atoms. The number of pyridine rings is 1. The first-order valence-electron chi connectivity index (χ1n) is 5.48. The average Bonchev–Trinajstić information content (AvgIpc) is 2.92. The van der Waals surface area contributed by atoms with Crippen molar-refractivity contribution in [3.63, 3.8) is 0 Å². The van der Waals surface area contributed by atoms with E-state index >= 15 is 0 Å². The lowest BCUT2D eigenvalue weighted by molar-refractivity contribution is 0.0699. The summed E-state index contributed by atoms with van der Waals surface area (Å²) in [5.74, 6) is -3.40. The van der Waals surface area contributed by atoms with Gasteiger partial charge in [0.15, 0.2) is 11.6 Å². The maximum atomic E-state index is 13.3. The van der Waals surface area contributed by atoms with Crippen LogP contribution in [0.2, 0.25) is 0 Å². The van der Waals surface area contributed by atoms with Gasteiger partial charge in [0.2, 0.25) is 0 Å². The van der Waals surface area contributed by atoms with E-state index in [9.17, 15) is 18.7 Å². The number of rotatable bonds is 2. The van der Waals surface area contributed by atoms with Crippen LogP contribution in [0.1, 0.15) is 10.4 Å². The molecule has 0 unspecified atom stereocenters. The van der Waals surface area contributed by atoms with Gasteiger partial charge < -0.3 is 5.11 Å². The molecule has 0 amide bonds. The minimum absolute atomic E-state index is 0.0599. The molecule has 3 rings (SSSR count). The molecule has 2 aromatic heterocycles. The fourth-order valence-corrected chi connectivity index (χ4v) is 2.45. The van der Waals surface area contributed by atoms with Gasteiger partial charge in [-0.2, -0.15) is 0 Å². The number of benzene rings is 1. The SMILES string of the molecule is O=C(O)c1cc(-c2cncs2)nc2cc(F)c(F)cc12. The van der Waals surface area contributed by atoms with Crippen molar-refractivity contribution in [1.29, 1.82) is 0 Å². The van der Waals surface area contributed by atoms with Gasteiger partial charge in [0, 0.05) is 17.6 Å². The van der Waals surface area contributed by atoms with Gasteiger partial charge in [0.25, 0.3) is 0 Å². The normalized spacial score (nSPS) is 10.9. The Balaban J connectivity index is 2.36. The minimum atomic E-state index is -1.23. The fraction of sp³-hybridized carbons (Fsp3) is 0. The number of thiazole rings is 1. The Labute approximate surface area is 115 Å². The second-order valence-corrected chi connectivity index (χ2v) is 4.90. The number of hydrogen-bond acceptors (Lipinski definition) is 4. The molecule has 1 N–H and O–H groups in total. The van der Waals surface area contributed by atoms with E-state index in [1.54, 1.807) is 5.51 Å². The highest BCUT2D eigenvalue weighted by atomic mass is 32.1. The van der Waals surface area contributed by atoms with Crippen LogP contribution in [0.4, 0.5) is 8.78 Å². The number of fused-ring (bicyclic) bond motifs is 1. The molecule has 7 heteroatoms. The average molecular weight is 292 g/mol. The number of carboxylic acid groups (broad SMARTS) is 1. The highest BCUT2D eigenvalue weighted by Gasteiger charge is 2.16. The van der Waals surface area contributed by atoms with Gasteiger partial charge in [-0.1, -0.05) is 0 Å². The number of aromatic nitrogens is 2. The summed E-state index contributed by atoms with van der Waals surface area (Å²) in [5.41, 5.74) is 1.90. The van der Waals surface area contributed by atoms with Gasteiger partial charge in [-0.3, -0.25) is 4.98 Å². The van der Waals surface area contributed by atoms with Crippen LogP contribution in [0.3, 0.4) is 0 Å². The molecule has 0 aliphatic rings. The van der Waals surface area contributed by atoms with E-state index in [4.69, 9.17) is 0 Å². The van der Waals surface area contributed by atoms with Gasteiger partial charge in [-0.05, 0) is 12.1 Å². The minimum Gasteiger partial charge on any atom is -0.478 e. The van der Waals surface area contributed by atoms with Crippen molar-refractivity contribution in [2.45, 2.75) is 0 Å². The molecule has 0 aliphatic heterocycles. The molecule has 0 aliphatic carbocycles. The Morgan fingerprint density at radius 1 is 1.20 bits per heavy atom. The van der Waals surface area contributed by atoms with E-state index in [2.05, 4.69) is 9.97 Å². The molecule has 0 spiro atoms. The van der Waals surface area contributed by atoms with Crippen LogP contribution in [0.25, 0.3) is 21.5 Å². The first-order chi connectivity index (χ1) is 9.56. The predicted octanol–water partition coefficient (Wildman–Crippen LogP) is 3.33. The van der Waals surface area contributed by atoms with Crippen molar-refractivity contribution >= 4 is 28.2 Å². The summed E-state index contributed by atoms with van der Waals surface area (Å²) in [6, 6.07) is 3.06. The van der Waals surface area contributed by atoms with Gasteiger partial charge in [-0.15, -0.1) is 11.3 Å². The maximum absolute atomic E-state index is 13.3. The molecule has 0 radical (unpaired) electrons. The van der Waals surface area contributed by atoms with Crippen molar-refractivity contribution in [1.82, 2.24) is 9.97 Å². The zero-order chi connectivity index (χ0) is 14.3. The van der Waals surface area contributed by atoms with Gasteiger partial charge >= 0.3 is 5.97 Å². The number of nitrogens with zero attached hydrogens (tertiary/aromatic N) is 2. The summed E-state index contributed by atoms with van der Waals surface area (Å²) < 4.78 is 26.5. The molecule has 0 saturated heterocycles. The summed E-state index contributed by atoms with van der Waals surface area (Å²) in [5, 5.41) is 9.27. The molecule has 0 fully saturated rings. The molecular formula is C13H6F2N2O2S. The summed E-state index contributed by atoms with van der Waals surface area (Å²) in [6.45, 7) is 0. The van der Waals surface area contributed by atoms with E-state index in [1.165, 1.54) is 23.6 Å². The highest BCUT2D eigenvalue weighted by molar-refractivity contribution is 7.13. The zero-order valence-corrected chi connectivity index (χ0v) is 10.6. The summed E-state index contributed by atoms with van der Waals surface area (Å²) >= 11 is 1.28. The lowest BCUT2D eigenvalue weighted by atomic mass is 10.1. The molecule has 1 aromatic carbocycles. The Bertz CT molecular complexity index is 819. The Kier molecular flexibility index (Phi) is 2.90. The van der Waals surface area contributed by atoms with Crippen LogP contribution in [0.5, 0.6) is 0 Å². The number of halogens is 2. The Morgan fingerprint density at radius 2 is 1.95 bits per heavy atom. The van der Waals surface area contributed by atoms with E-state index in [-0.39, 0.29) is 16.5 Å². The Morgan fingerprint density at radius 3 is 2.60 bits per heavy atom. The third-order valence-corrected chi connectivity index (χ3v) is 3.56. The molecule has 100 valence electrons. The van der Waals surface area contributed by atoms with Crippen LogP contribution in [-0.2, 0) is 0 Å². The van der Waals surface area contributed by atoms with Crippen molar-refractivity contribution < 1.29 is 18.7 Å². The third-order valence-electron chi connectivity index (χ3n) is 2.77. The van der Waals surface area contributed by atoms with Gasteiger partial charge in [0.05, 0.1) is 27.2 Å². The van der Waals surface area contributed by atoms with Gasteiger partial charge in [0.1, 0.15) is 0 Å². The molecule has 0 saturated carbocycles.